The van der Waals surface area contributed by atoms with Crippen LogP contribution < -0.4 is 4.74 Å². The Morgan fingerprint density at radius 2 is 1.77 bits per heavy atom. The Bertz CT molecular complexity index is 1160. The summed E-state index contributed by atoms with van der Waals surface area (Å²) in [4.78, 5) is 4.66. The highest BCUT2D eigenvalue weighted by Gasteiger charge is 2.17. The molecular formula is C24H24ClFN2OS. The molecule has 0 saturated heterocycles. The zero-order valence-electron chi connectivity index (χ0n) is 17.2. The van der Waals surface area contributed by atoms with Crippen molar-refractivity contribution >= 4 is 35.1 Å². The second kappa shape index (κ2) is 9.54. The van der Waals surface area contributed by atoms with Gasteiger partial charge in [-0.05, 0) is 49.2 Å². The molecule has 3 nitrogen and oxygen atoms in total. The van der Waals surface area contributed by atoms with E-state index in [0.29, 0.717) is 12.1 Å². The lowest BCUT2D eigenvalue weighted by molar-refractivity contribution is 0.414. The highest BCUT2D eigenvalue weighted by Crippen LogP contribution is 2.34. The third-order valence-corrected chi connectivity index (χ3v) is 6.38. The maximum Gasteiger partial charge on any atom is 0.128 e. The Morgan fingerprint density at radius 3 is 2.47 bits per heavy atom. The van der Waals surface area contributed by atoms with Crippen LogP contribution in [-0.2, 0) is 12.3 Å². The molecule has 4 aromatic rings. The van der Waals surface area contributed by atoms with Crippen LogP contribution in [0.1, 0.15) is 22.4 Å². The maximum absolute atomic E-state index is 14.3. The van der Waals surface area contributed by atoms with E-state index >= 15 is 0 Å². The molecule has 0 unspecified atom stereocenters. The SMILES string of the molecule is COc1ccc(CSc2nccc3c(C)c(C)n(Cc4ccccc4F)c23)cc1.Cl. The zero-order chi connectivity index (χ0) is 20.4. The standard InChI is InChI=1S/C24H23FN2OS.ClH/c1-16-17(2)27(14-19-6-4-5-7-22(19)25)23-21(16)12-13-26-24(23)29-15-18-8-10-20(28-3)11-9-18;/h4-13H,14-15H2,1-3H3;1H. The molecule has 0 amide bonds. The van der Waals surface area contributed by atoms with Crippen LogP contribution in [0.15, 0.2) is 65.8 Å². The summed E-state index contributed by atoms with van der Waals surface area (Å²) < 4.78 is 21.7. The van der Waals surface area contributed by atoms with Gasteiger partial charge in [0.25, 0.3) is 0 Å². The van der Waals surface area contributed by atoms with Crippen LogP contribution in [0.5, 0.6) is 5.75 Å². The average Bonchev–Trinajstić information content (AvgIpc) is 2.99. The van der Waals surface area contributed by atoms with Crippen LogP contribution in [0.25, 0.3) is 10.9 Å². The van der Waals surface area contributed by atoms with Gasteiger partial charge in [-0.15, -0.1) is 12.4 Å². The van der Waals surface area contributed by atoms with E-state index in [9.17, 15) is 4.39 Å². The van der Waals surface area contributed by atoms with Crippen molar-refractivity contribution in [3.63, 3.8) is 0 Å². The summed E-state index contributed by atoms with van der Waals surface area (Å²) in [6.45, 7) is 4.70. The van der Waals surface area contributed by atoms with Crippen molar-refractivity contribution in [3.8, 4) is 5.75 Å². The number of ether oxygens (including phenoxy) is 1. The van der Waals surface area contributed by atoms with Gasteiger partial charge in [-0.25, -0.2) is 9.37 Å². The number of nitrogens with zero attached hydrogens (tertiary/aromatic N) is 2. The normalized spacial score (nSPS) is 10.8. The zero-order valence-corrected chi connectivity index (χ0v) is 18.8. The van der Waals surface area contributed by atoms with Gasteiger partial charge in [-0.1, -0.05) is 42.1 Å². The largest absolute Gasteiger partial charge is 0.497 e. The van der Waals surface area contributed by atoms with Crippen LogP contribution in [-0.4, -0.2) is 16.7 Å². The third-order valence-electron chi connectivity index (χ3n) is 5.33. The van der Waals surface area contributed by atoms with Crippen LogP contribution >= 0.6 is 24.2 Å². The van der Waals surface area contributed by atoms with E-state index in [4.69, 9.17) is 4.74 Å². The molecule has 0 radical (unpaired) electrons. The summed E-state index contributed by atoms with van der Waals surface area (Å²) in [5.41, 5.74) is 5.31. The monoisotopic (exact) mass is 442 g/mol. The van der Waals surface area contributed by atoms with E-state index in [1.165, 1.54) is 22.6 Å². The molecule has 0 spiro atoms. The summed E-state index contributed by atoms with van der Waals surface area (Å²) in [7, 11) is 1.67. The number of benzene rings is 2. The minimum atomic E-state index is -0.178. The van der Waals surface area contributed by atoms with E-state index in [1.807, 2.05) is 36.5 Å². The number of pyridine rings is 1. The molecule has 0 aliphatic rings. The van der Waals surface area contributed by atoms with Crippen molar-refractivity contribution < 1.29 is 9.13 Å². The Morgan fingerprint density at radius 1 is 1.03 bits per heavy atom. The molecule has 0 aliphatic carbocycles. The average molecular weight is 443 g/mol. The second-order valence-electron chi connectivity index (χ2n) is 7.04. The molecule has 0 N–H and O–H groups in total. The number of aromatic nitrogens is 2. The molecule has 0 aliphatic heterocycles. The van der Waals surface area contributed by atoms with Crippen molar-refractivity contribution in [2.24, 2.45) is 0 Å². The smallest absolute Gasteiger partial charge is 0.128 e. The first-order valence-electron chi connectivity index (χ1n) is 9.52. The predicted molar refractivity (Wildman–Crippen MR) is 125 cm³/mol. The summed E-state index contributed by atoms with van der Waals surface area (Å²) in [6.07, 6.45) is 1.86. The Hall–Kier alpha value is -2.50. The van der Waals surface area contributed by atoms with Gasteiger partial charge < -0.3 is 9.30 Å². The van der Waals surface area contributed by atoms with Crippen molar-refractivity contribution in [2.45, 2.75) is 31.2 Å². The van der Waals surface area contributed by atoms with Crippen molar-refractivity contribution in [3.05, 3.63) is 89.0 Å². The minimum Gasteiger partial charge on any atom is -0.497 e. The van der Waals surface area contributed by atoms with Crippen LogP contribution in [0.4, 0.5) is 4.39 Å². The first-order chi connectivity index (χ1) is 14.1. The van der Waals surface area contributed by atoms with Gasteiger partial charge in [-0.2, -0.15) is 0 Å². The predicted octanol–water partition coefficient (Wildman–Crippen LogP) is 6.56. The summed E-state index contributed by atoms with van der Waals surface area (Å²) in [5.74, 6) is 1.48. The van der Waals surface area contributed by atoms with Gasteiger partial charge >= 0.3 is 0 Å². The molecule has 0 fully saturated rings. The van der Waals surface area contributed by atoms with Crippen molar-refractivity contribution in [1.82, 2.24) is 9.55 Å². The molecule has 156 valence electrons. The van der Waals surface area contributed by atoms with Gasteiger partial charge in [0.1, 0.15) is 16.6 Å². The van der Waals surface area contributed by atoms with Crippen LogP contribution in [0, 0.1) is 19.7 Å². The molecule has 0 atom stereocenters. The van der Waals surface area contributed by atoms with Crippen LogP contribution in [0.3, 0.4) is 0 Å². The number of methoxy groups -OCH3 is 1. The lowest BCUT2D eigenvalue weighted by Gasteiger charge is -2.12. The van der Waals surface area contributed by atoms with E-state index in [2.05, 4.69) is 35.5 Å². The van der Waals surface area contributed by atoms with Gasteiger partial charge in [-0.3, -0.25) is 0 Å². The first-order valence-corrected chi connectivity index (χ1v) is 10.5. The van der Waals surface area contributed by atoms with Gasteiger partial charge in [0.2, 0.25) is 0 Å². The highest BCUT2D eigenvalue weighted by molar-refractivity contribution is 7.98. The fraction of sp³-hybridized carbons (Fsp3) is 0.208. The molecule has 2 aromatic carbocycles. The fourth-order valence-corrected chi connectivity index (χ4v) is 4.53. The number of aryl methyl sites for hydroxylation is 1. The highest BCUT2D eigenvalue weighted by atomic mass is 35.5. The summed E-state index contributed by atoms with van der Waals surface area (Å²) in [6, 6.07) is 17.1. The van der Waals surface area contributed by atoms with E-state index in [0.717, 1.165) is 27.7 Å². The lowest BCUT2D eigenvalue weighted by atomic mass is 10.2. The number of thioether (sulfide) groups is 1. The molecule has 0 bridgehead atoms. The second-order valence-corrected chi connectivity index (χ2v) is 8.00. The van der Waals surface area contributed by atoms with E-state index in [1.54, 1.807) is 24.9 Å². The van der Waals surface area contributed by atoms with E-state index < -0.39 is 0 Å². The van der Waals surface area contributed by atoms with Gasteiger partial charge in [0.15, 0.2) is 0 Å². The Labute approximate surface area is 186 Å². The molecule has 6 heteroatoms. The van der Waals surface area contributed by atoms with Crippen LogP contribution in [0.2, 0.25) is 0 Å². The Kier molecular flexibility index (Phi) is 7.06. The molecular weight excluding hydrogens is 419 g/mol. The molecule has 4 rings (SSSR count). The number of hydrogen-bond acceptors (Lipinski definition) is 3. The van der Waals surface area contributed by atoms with Crippen molar-refractivity contribution in [2.75, 3.05) is 7.11 Å². The molecule has 2 heterocycles. The Balaban J connectivity index is 0.00000256. The number of hydrogen-bond donors (Lipinski definition) is 0. The van der Waals surface area contributed by atoms with Crippen molar-refractivity contribution in [1.29, 1.82) is 0 Å². The number of halogens is 2. The third kappa shape index (κ3) is 4.32. The number of fused-ring (bicyclic) bond motifs is 1. The molecule has 0 saturated carbocycles. The topological polar surface area (TPSA) is 27.1 Å². The van der Waals surface area contributed by atoms with Gasteiger partial charge in [0, 0.05) is 28.6 Å². The van der Waals surface area contributed by atoms with Gasteiger partial charge in [0.05, 0.1) is 19.2 Å². The molecule has 30 heavy (non-hydrogen) atoms. The maximum atomic E-state index is 14.3. The van der Waals surface area contributed by atoms with E-state index in [-0.39, 0.29) is 18.2 Å². The fourth-order valence-electron chi connectivity index (χ4n) is 3.54. The summed E-state index contributed by atoms with van der Waals surface area (Å²) >= 11 is 1.70. The lowest BCUT2D eigenvalue weighted by Crippen LogP contribution is -2.05. The number of rotatable bonds is 6. The molecule has 2 aromatic heterocycles. The summed E-state index contributed by atoms with van der Waals surface area (Å²) in [5, 5.41) is 2.14. The minimum absolute atomic E-state index is 0. The first kappa shape index (κ1) is 22.2. The quantitative estimate of drug-likeness (QED) is 0.316.